The van der Waals surface area contributed by atoms with Gasteiger partial charge in [0.1, 0.15) is 0 Å². The van der Waals surface area contributed by atoms with Gasteiger partial charge in [-0.3, -0.25) is 0 Å². The molecule has 0 saturated carbocycles. The predicted molar refractivity (Wildman–Crippen MR) is 95.3 cm³/mol. The third-order valence-corrected chi connectivity index (χ3v) is 3.42. The van der Waals surface area contributed by atoms with E-state index < -0.39 is 0 Å². The minimum Gasteiger partial charge on any atom is -0.504 e. The number of hydrogen-bond acceptors (Lipinski definition) is 6. The van der Waals surface area contributed by atoms with Crippen molar-refractivity contribution in [1.29, 1.82) is 0 Å². The zero-order valence-electron chi connectivity index (χ0n) is 14.5. The molecule has 0 unspecified atom stereocenters. The zero-order valence-corrected chi connectivity index (χ0v) is 14.5. The van der Waals surface area contributed by atoms with Gasteiger partial charge in [-0.15, -0.1) is 0 Å². The number of ether oxygens (including phenoxy) is 2. The van der Waals surface area contributed by atoms with Crippen molar-refractivity contribution in [3.8, 4) is 23.0 Å². The van der Waals surface area contributed by atoms with Crippen LogP contribution in [0.3, 0.4) is 0 Å². The average Bonchev–Trinajstić information content (AvgIpc) is 2.57. The molecule has 134 valence electrons. The minimum absolute atomic E-state index is 0.0304. The van der Waals surface area contributed by atoms with Gasteiger partial charge in [-0.2, -0.15) is 0 Å². The number of aromatic hydroxyl groups is 2. The molecule has 0 bridgehead atoms. The average molecular weight is 347 g/mol. The van der Waals surface area contributed by atoms with Crippen LogP contribution in [0.15, 0.2) is 30.3 Å². The molecule has 2 aromatic rings. The highest BCUT2D eigenvalue weighted by Gasteiger charge is 2.14. The number of rotatable bonds is 5. The highest BCUT2D eigenvalue weighted by atomic mass is 16.5. The molecule has 0 aliphatic rings. The maximum absolute atomic E-state index is 11.9. The van der Waals surface area contributed by atoms with Crippen LogP contribution in [0.5, 0.6) is 23.0 Å². The maximum atomic E-state index is 11.9. The Morgan fingerprint density at radius 1 is 0.960 bits per heavy atom. The maximum Gasteiger partial charge on any atom is 0.321 e. The summed E-state index contributed by atoms with van der Waals surface area (Å²) < 4.78 is 10.1. The molecule has 0 atom stereocenters. The molecule has 2 aromatic carbocycles. The lowest BCUT2D eigenvalue weighted by molar-refractivity contribution is 0.230. The van der Waals surface area contributed by atoms with Gasteiger partial charge >= 0.3 is 6.03 Å². The van der Waals surface area contributed by atoms with E-state index in [4.69, 9.17) is 9.47 Å². The Bertz CT molecular complexity index is 777. The third kappa shape index (κ3) is 4.17. The van der Waals surface area contributed by atoms with Crippen LogP contribution in [0.2, 0.25) is 0 Å². The van der Waals surface area contributed by atoms with Crippen molar-refractivity contribution in [1.82, 2.24) is 4.90 Å². The van der Waals surface area contributed by atoms with Gasteiger partial charge in [-0.05, 0) is 12.1 Å². The van der Waals surface area contributed by atoms with E-state index in [1.54, 1.807) is 32.3 Å². The molecule has 0 aliphatic carbocycles. The number of nitrogens with one attached hydrogen (secondary N) is 2. The number of benzene rings is 2. The second kappa shape index (κ2) is 7.52. The Kier molecular flexibility index (Phi) is 5.43. The van der Waals surface area contributed by atoms with Crippen molar-refractivity contribution in [2.24, 2.45) is 0 Å². The molecule has 8 nitrogen and oxygen atoms in total. The molecule has 2 rings (SSSR count). The first-order valence-electron chi connectivity index (χ1n) is 7.39. The van der Waals surface area contributed by atoms with E-state index in [1.165, 1.54) is 31.3 Å². The van der Waals surface area contributed by atoms with Gasteiger partial charge in [0.15, 0.2) is 23.0 Å². The SMILES string of the molecule is COc1ccc(Nc2cc(OC)c(O)cc2NC(=O)N(C)C)cc1O. The van der Waals surface area contributed by atoms with Crippen LogP contribution >= 0.6 is 0 Å². The molecule has 8 heteroatoms. The van der Waals surface area contributed by atoms with Gasteiger partial charge in [-0.25, -0.2) is 4.79 Å². The van der Waals surface area contributed by atoms with E-state index in [0.29, 0.717) is 22.8 Å². The summed E-state index contributed by atoms with van der Waals surface area (Å²) in [6.45, 7) is 0. The van der Waals surface area contributed by atoms with Crippen LogP contribution in [-0.4, -0.2) is 49.5 Å². The fourth-order valence-corrected chi connectivity index (χ4v) is 2.09. The third-order valence-electron chi connectivity index (χ3n) is 3.42. The van der Waals surface area contributed by atoms with E-state index in [-0.39, 0.29) is 23.3 Å². The van der Waals surface area contributed by atoms with Gasteiger partial charge in [0.05, 0.1) is 25.6 Å². The van der Waals surface area contributed by atoms with Crippen LogP contribution in [0.1, 0.15) is 0 Å². The topological polar surface area (TPSA) is 103 Å². The van der Waals surface area contributed by atoms with Gasteiger partial charge in [0.25, 0.3) is 0 Å². The van der Waals surface area contributed by atoms with Crippen LogP contribution in [0.4, 0.5) is 21.9 Å². The summed E-state index contributed by atoms with van der Waals surface area (Å²) in [5.74, 6) is 0.440. The van der Waals surface area contributed by atoms with E-state index in [1.807, 2.05) is 0 Å². The fourth-order valence-electron chi connectivity index (χ4n) is 2.09. The number of hydrogen-bond donors (Lipinski definition) is 4. The standard InChI is InChI=1S/C17H21N3O5/c1-20(2)17(23)19-11-8-14(22)16(25-4)9-12(11)18-10-5-6-15(24-3)13(21)7-10/h5-9,18,21-22H,1-4H3,(H,19,23). The lowest BCUT2D eigenvalue weighted by Gasteiger charge is -2.18. The second-order valence-electron chi connectivity index (χ2n) is 5.41. The van der Waals surface area contributed by atoms with Crippen molar-refractivity contribution in [3.05, 3.63) is 30.3 Å². The predicted octanol–water partition coefficient (Wildman–Crippen LogP) is 2.95. The number of phenols is 2. The van der Waals surface area contributed by atoms with Gasteiger partial charge in [0.2, 0.25) is 0 Å². The number of phenolic OH excluding ortho intramolecular Hbond substituents is 2. The van der Waals surface area contributed by atoms with Crippen LogP contribution in [0.25, 0.3) is 0 Å². The zero-order chi connectivity index (χ0) is 18.6. The molecular weight excluding hydrogens is 326 g/mol. The summed E-state index contributed by atoms with van der Waals surface area (Å²) in [5, 5.41) is 25.6. The lowest BCUT2D eigenvalue weighted by Crippen LogP contribution is -2.27. The molecule has 0 spiro atoms. The van der Waals surface area contributed by atoms with E-state index in [2.05, 4.69) is 10.6 Å². The second-order valence-corrected chi connectivity index (χ2v) is 5.41. The fraction of sp³-hybridized carbons (Fsp3) is 0.235. The Morgan fingerprint density at radius 3 is 2.16 bits per heavy atom. The quantitative estimate of drug-likeness (QED) is 0.620. The highest BCUT2D eigenvalue weighted by molar-refractivity contribution is 5.94. The molecule has 4 N–H and O–H groups in total. The summed E-state index contributed by atoms with van der Waals surface area (Å²) in [4.78, 5) is 13.3. The summed E-state index contributed by atoms with van der Waals surface area (Å²) >= 11 is 0. The van der Waals surface area contributed by atoms with Crippen LogP contribution in [0, 0.1) is 0 Å². The van der Waals surface area contributed by atoms with E-state index >= 15 is 0 Å². The number of carbonyl (C=O) groups is 1. The van der Waals surface area contributed by atoms with Crippen LogP contribution < -0.4 is 20.1 Å². The molecule has 25 heavy (non-hydrogen) atoms. The van der Waals surface area contributed by atoms with Crippen molar-refractivity contribution >= 4 is 23.1 Å². The Hall–Kier alpha value is -3.29. The minimum atomic E-state index is -0.356. The lowest BCUT2D eigenvalue weighted by atomic mass is 10.2. The Balaban J connectivity index is 2.40. The van der Waals surface area contributed by atoms with Gasteiger partial charge in [0, 0.05) is 38.0 Å². The number of urea groups is 1. The molecule has 0 aliphatic heterocycles. The molecule has 0 fully saturated rings. The molecule has 0 heterocycles. The summed E-state index contributed by atoms with van der Waals surface area (Å²) in [6, 6.07) is 7.36. The number of amides is 2. The van der Waals surface area contributed by atoms with E-state index in [0.717, 1.165) is 0 Å². The van der Waals surface area contributed by atoms with Crippen molar-refractivity contribution in [3.63, 3.8) is 0 Å². The molecule has 0 aromatic heterocycles. The molecular formula is C17H21N3O5. The van der Waals surface area contributed by atoms with Crippen molar-refractivity contribution in [2.45, 2.75) is 0 Å². The van der Waals surface area contributed by atoms with Gasteiger partial charge < -0.3 is 35.2 Å². The number of methoxy groups -OCH3 is 2. The van der Waals surface area contributed by atoms with Crippen molar-refractivity contribution < 1.29 is 24.5 Å². The van der Waals surface area contributed by atoms with Crippen molar-refractivity contribution in [2.75, 3.05) is 38.9 Å². The monoisotopic (exact) mass is 347 g/mol. The number of anilines is 3. The van der Waals surface area contributed by atoms with E-state index in [9.17, 15) is 15.0 Å². The first-order valence-corrected chi connectivity index (χ1v) is 7.39. The normalized spacial score (nSPS) is 10.1. The Labute approximate surface area is 145 Å². The summed E-state index contributed by atoms with van der Waals surface area (Å²) in [6.07, 6.45) is 0. The molecule has 0 radical (unpaired) electrons. The summed E-state index contributed by atoms with van der Waals surface area (Å²) in [5.41, 5.74) is 1.40. The summed E-state index contributed by atoms with van der Waals surface area (Å²) in [7, 11) is 6.10. The molecule has 0 saturated heterocycles. The smallest absolute Gasteiger partial charge is 0.321 e. The van der Waals surface area contributed by atoms with Gasteiger partial charge in [-0.1, -0.05) is 0 Å². The molecule has 2 amide bonds. The Morgan fingerprint density at radius 2 is 1.60 bits per heavy atom. The highest BCUT2D eigenvalue weighted by Crippen LogP contribution is 2.38. The number of nitrogens with zero attached hydrogens (tertiary/aromatic N) is 1. The largest absolute Gasteiger partial charge is 0.504 e. The van der Waals surface area contributed by atoms with Crippen LogP contribution in [-0.2, 0) is 0 Å². The number of carbonyl (C=O) groups excluding carboxylic acids is 1. The first kappa shape index (κ1) is 18.1. The first-order chi connectivity index (χ1) is 11.8.